The Bertz CT molecular complexity index is 558. The Morgan fingerprint density at radius 2 is 2.06 bits per heavy atom. The summed E-state index contributed by atoms with van der Waals surface area (Å²) >= 11 is 0. The largest absolute Gasteiger partial charge is 0.481 e. The van der Waals surface area contributed by atoms with E-state index >= 15 is 0 Å². The van der Waals surface area contributed by atoms with E-state index in [-0.39, 0.29) is 17.1 Å². The zero-order valence-corrected chi connectivity index (χ0v) is 9.05. The van der Waals surface area contributed by atoms with Crippen molar-refractivity contribution in [2.24, 2.45) is 0 Å². The molecule has 0 aliphatic rings. The van der Waals surface area contributed by atoms with Crippen LogP contribution in [0.15, 0.2) is 36.7 Å². The summed E-state index contributed by atoms with van der Waals surface area (Å²) in [4.78, 5) is 19.5. The Labute approximate surface area is 97.1 Å². The summed E-state index contributed by atoms with van der Waals surface area (Å²) in [7, 11) is 1.43. The average Bonchev–Trinajstić information content (AvgIpc) is 2.38. The smallest absolute Gasteiger partial charge is 0.216 e. The number of hydrogen-bond acceptors (Lipinski definition) is 4. The van der Waals surface area contributed by atoms with Crippen LogP contribution in [-0.2, 0) is 0 Å². The molecular formula is C12H9FN2O2. The number of nitrogens with zero attached hydrogens (tertiary/aromatic N) is 2. The summed E-state index contributed by atoms with van der Waals surface area (Å²) in [6.45, 7) is 0. The SMILES string of the molecule is COc1cc(C(=O)c2ccccc2F)ncn1. The molecule has 0 unspecified atom stereocenters. The zero-order chi connectivity index (χ0) is 12.3. The predicted molar refractivity (Wildman–Crippen MR) is 58.4 cm³/mol. The van der Waals surface area contributed by atoms with Crippen molar-refractivity contribution >= 4 is 5.78 Å². The quantitative estimate of drug-likeness (QED) is 0.758. The van der Waals surface area contributed by atoms with Crippen LogP contribution in [0, 0.1) is 5.82 Å². The van der Waals surface area contributed by atoms with Gasteiger partial charge in [0.2, 0.25) is 11.7 Å². The van der Waals surface area contributed by atoms with Gasteiger partial charge in [0.05, 0.1) is 12.7 Å². The van der Waals surface area contributed by atoms with Gasteiger partial charge in [0.15, 0.2) is 0 Å². The molecule has 0 saturated heterocycles. The number of ether oxygens (including phenoxy) is 1. The fourth-order valence-corrected chi connectivity index (χ4v) is 1.36. The molecule has 0 aliphatic carbocycles. The molecule has 1 heterocycles. The molecule has 0 N–H and O–H groups in total. The number of ketones is 1. The third-order valence-corrected chi connectivity index (χ3v) is 2.20. The van der Waals surface area contributed by atoms with Gasteiger partial charge in [-0.3, -0.25) is 4.79 Å². The highest BCUT2D eigenvalue weighted by Crippen LogP contribution is 2.14. The molecule has 0 spiro atoms. The standard InChI is InChI=1S/C12H9FN2O2/c1-17-11-6-10(14-7-15-11)12(16)8-4-2-3-5-9(8)13/h2-7H,1H3. The van der Waals surface area contributed by atoms with Crippen LogP contribution in [0.25, 0.3) is 0 Å². The Morgan fingerprint density at radius 1 is 1.29 bits per heavy atom. The summed E-state index contributed by atoms with van der Waals surface area (Å²) in [5.74, 6) is -0.807. The van der Waals surface area contributed by atoms with E-state index in [2.05, 4.69) is 9.97 Å². The second-order valence-corrected chi connectivity index (χ2v) is 3.25. The van der Waals surface area contributed by atoms with E-state index in [0.717, 1.165) is 0 Å². The molecule has 0 radical (unpaired) electrons. The maximum absolute atomic E-state index is 13.4. The first kappa shape index (κ1) is 11.2. The Balaban J connectivity index is 2.40. The van der Waals surface area contributed by atoms with E-state index in [1.165, 1.54) is 37.7 Å². The molecule has 0 saturated carbocycles. The van der Waals surface area contributed by atoms with E-state index < -0.39 is 11.6 Å². The highest BCUT2D eigenvalue weighted by molar-refractivity contribution is 6.07. The summed E-state index contributed by atoms with van der Waals surface area (Å²) in [6, 6.07) is 7.12. The van der Waals surface area contributed by atoms with Crippen LogP contribution >= 0.6 is 0 Å². The lowest BCUT2D eigenvalue weighted by atomic mass is 10.1. The van der Waals surface area contributed by atoms with E-state index in [4.69, 9.17) is 4.74 Å². The van der Waals surface area contributed by atoms with Gasteiger partial charge in [-0.2, -0.15) is 0 Å². The van der Waals surface area contributed by atoms with Crippen LogP contribution in [0.3, 0.4) is 0 Å². The second kappa shape index (κ2) is 4.69. The molecule has 86 valence electrons. The van der Waals surface area contributed by atoms with Crippen LogP contribution in [0.4, 0.5) is 4.39 Å². The van der Waals surface area contributed by atoms with Gasteiger partial charge in [0.1, 0.15) is 17.8 Å². The van der Waals surface area contributed by atoms with Crippen molar-refractivity contribution in [2.75, 3.05) is 7.11 Å². The topological polar surface area (TPSA) is 52.1 Å². The Morgan fingerprint density at radius 3 is 2.76 bits per heavy atom. The first-order valence-corrected chi connectivity index (χ1v) is 4.87. The summed E-state index contributed by atoms with van der Waals surface area (Å²) in [5, 5.41) is 0. The maximum Gasteiger partial charge on any atom is 0.216 e. The average molecular weight is 232 g/mol. The normalized spacial score (nSPS) is 10.0. The number of benzene rings is 1. The first-order chi connectivity index (χ1) is 8.22. The van der Waals surface area contributed by atoms with Gasteiger partial charge < -0.3 is 4.74 Å². The molecule has 0 bridgehead atoms. The van der Waals surface area contributed by atoms with Crippen LogP contribution in [-0.4, -0.2) is 22.9 Å². The molecule has 2 aromatic rings. The lowest BCUT2D eigenvalue weighted by Gasteiger charge is -2.03. The van der Waals surface area contributed by atoms with Crippen molar-refractivity contribution in [3.63, 3.8) is 0 Å². The highest BCUT2D eigenvalue weighted by atomic mass is 19.1. The van der Waals surface area contributed by atoms with Gasteiger partial charge in [0, 0.05) is 6.07 Å². The minimum absolute atomic E-state index is 0.0201. The van der Waals surface area contributed by atoms with E-state index in [0.29, 0.717) is 0 Å². The van der Waals surface area contributed by atoms with Crippen molar-refractivity contribution in [3.8, 4) is 5.88 Å². The first-order valence-electron chi connectivity index (χ1n) is 4.87. The molecule has 0 atom stereocenters. The Hall–Kier alpha value is -2.30. The summed E-state index contributed by atoms with van der Waals surface area (Å²) in [5.41, 5.74) is 0.0789. The van der Waals surface area contributed by atoms with E-state index in [9.17, 15) is 9.18 Å². The van der Waals surface area contributed by atoms with Gasteiger partial charge in [-0.1, -0.05) is 12.1 Å². The van der Waals surface area contributed by atoms with Crippen molar-refractivity contribution in [1.29, 1.82) is 0 Å². The number of carbonyl (C=O) groups is 1. The molecule has 1 aromatic carbocycles. The van der Waals surface area contributed by atoms with E-state index in [1.54, 1.807) is 6.07 Å². The molecule has 0 fully saturated rings. The maximum atomic E-state index is 13.4. The molecule has 1 aromatic heterocycles. The van der Waals surface area contributed by atoms with Gasteiger partial charge in [-0.15, -0.1) is 0 Å². The van der Waals surface area contributed by atoms with Crippen LogP contribution in [0.2, 0.25) is 0 Å². The minimum atomic E-state index is -0.574. The number of methoxy groups -OCH3 is 1. The zero-order valence-electron chi connectivity index (χ0n) is 9.05. The molecule has 0 amide bonds. The third kappa shape index (κ3) is 2.28. The molecule has 2 rings (SSSR count). The van der Waals surface area contributed by atoms with Gasteiger partial charge >= 0.3 is 0 Å². The lowest BCUT2D eigenvalue weighted by Crippen LogP contribution is -2.07. The number of aromatic nitrogens is 2. The van der Waals surface area contributed by atoms with Crippen LogP contribution in [0.1, 0.15) is 16.1 Å². The number of rotatable bonds is 3. The molecule has 0 aliphatic heterocycles. The van der Waals surface area contributed by atoms with Crippen molar-refractivity contribution in [2.45, 2.75) is 0 Å². The molecular weight excluding hydrogens is 223 g/mol. The summed E-state index contributed by atoms with van der Waals surface area (Å²) in [6.07, 6.45) is 1.20. The van der Waals surface area contributed by atoms with Crippen LogP contribution in [0.5, 0.6) is 5.88 Å². The minimum Gasteiger partial charge on any atom is -0.481 e. The molecule has 4 nitrogen and oxygen atoms in total. The third-order valence-electron chi connectivity index (χ3n) is 2.20. The predicted octanol–water partition coefficient (Wildman–Crippen LogP) is 1.86. The monoisotopic (exact) mass is 232 g/mol. The number of halogens is 1. The highest BCUT2D eigenvalue weighted by Gasteiger charge is 2.15. The van der Waals surface area contributed by atoms with Crippen molar-refractivity contribution < 1.29 is 13.9 Å². The fourth-order valence-electron chi connectivity index (χ4n) is 1.36. The molecule has 5 heteroatoms. The van der Waals surface area contributed by atoms with Crippen molar-refractivity contribution in [1.82, 2.24) is 9.97 Å². The van der Waals surface area contributed by atoms with Gasteiger partial charge in [0.25, 0.3) is 0 Å². The molecule has 17 heavy (non-hydrogen) atoms. The van der Waals surface area contributed by atoms with Gasteiger partial charge in [-0.25, -0.2) is 14.4 Å². The van der Waals surface area contributed by atoms with Crippen molar-refractivity contribution in [3.05, 3.63) is 53.7 Å². The van der Waals surface area contributed by atoms with Gasteiger partial charge in [-0.05, 0) is 12.1 Å². The Kier molecular flexibility index (Phi) is 3.09. The lowest BCUT2D eigenvalue weighted by molar-refractivity contribution is 0.103. The summed E-state index contributed by atoms with van der Waals surface area (Å²) < 4.78 is 18.3. The van der Waals surface area contributed by atoms with E-state index in [1.807, 2.05) is 0 Å². The number of hydrogen-bond donors (Lipinski definition) is 0. The van der Waals surface area contributed by atoms with Crippen LogP contribution < -0.4 is 4.74 Å². The fraction of sp³-hybridized carbons (Fsp3) is 0.0833. The second-order valence-electron chi connectivity index (χ2n) is 3.25. The number of carbonyl (C=O) groups excluding carboxylic acids is 1.